The maximum atomic E-state index is 13.8. The van der Waals surface area contributed by atoms with Crippen LogP contribution in [0.2, 0.25) is 0 Å². The number of nitrogens with zero attached hydrogens (tertiary/aromatic N) is 1. The third-order valence-electron chi connectivity index (χ3n) is 8.28. The second-order valence-corrected chi connectivity index (χ2v) is 11.2. The highest BCUT2D eigenvalue weighted by Gasteiger charge is 2.43. The van der Waals surface area contributed by atoms with Crippen LogP contribution in [-0.4, -0.2) is 11.8 Å². The Bertz CT molecular complexity index is 1540. The Morgan fingerprint density at radius 3 is 2.05 bits per heavy atom. The molecule has 0 unspecified atom stereocenters. The lowest BCUT2D eigenvalue weighted by Crippen LogP contribution is -2.40. The molecule has 1 aliphatic carbocycles. The fourth-order valence-corrected chi connectivity index (χ4v) is 6.96. The van der Waals surface area contributed by atoms with Gasteiger partial charge >= 0.3 is 0 Å². The molecular weight excluding hydrogens is 522 g/mol. The van der Waals surface area contributed by atoms with Gasteiger partial charge in [-0.25, -0.2) is 4.90 Å². The molecule has 3 nitrogen and oxygen atoms in total. The Hall–Kier alpha value is -3.24. The highest BCUT2D eigenvalue weighted by molar-refractivity contribution is 9.10. The molecule has 37 heavy (non-hydrogen) atoms. The molecule has 6 rings (SSSR count). The second-order valence-electron chi connectivity index (χ2n) is 10.3. The minimum Gasteiger partial charge on any atom is -0.268 e. The first-order valence-corrected chi connectivity index (χ1v) is 14.2. The van der Waals surface area contributed by atoms with Crippen molar-refractivity contribution in [3.63, 3.8) is 0 Å². The fraction of sp³-hybridized carbons (Fsp3) is 0.273. The van der Waals surface area contributed by atoms with Crippen molar-refractivity contribution < 1.29 is 9.59 Å². The maximum absolute atomic E-state index is 13.8. The van der Waals surface area contributed by atoms with Crippen molar-refractivity contribution in [2.75, 3.05) is 4.90 Å². The van der Waals surface area contributed by atoms with E-state index in [-0.39, 0.29) is 17.2 Å². The summed E-state index contributed by atoms with van der Waals surface area (Å²) >= 11 is 3.58. The molecule has 186 valence electrons. The van der Waals surface area contributed by atoms with Gasteiger partial charge in [-0.2, -0.15) is 0 Å². The van der Waals surface area contributed by atoms with Crippen molar-refractivity contribution in [2.24, 2.45) is 0 Å². The van der Waals surface area contributed by atoms with Crippen LogP contribution in [0.25, 0.3) is 21.9 Å². The third-order valence-corrected chi connectivity index (χ3v) is 8.97. The van der Waals surface area contributed by atoms with E-state index < -0.39 is 0 Å². The van der Waals surface area contributed by atoms with Gasteiger partial charge in [0, 0.05) is 26.4 Å². The van der Waals surface area contributed by atoms with E-state index in [1.54, 1.807) is 0 Å². The maximum Gasteiger partial charge on any atom is 0.265 e. The van der Waals surface area contributed by atoms with Gasteiger partial charge in [0.1, 0.15) is 0 Å². The Morgan fingerprint density at radius 2 is 1.32 bits per heavy atom. The molecule has 4 heteroatoms. The topological polar surface area (TPSA) is 37.4 Å². The lowest BCUT2D eigenvalue weighted by Gasteiger charge is -2.34. The number of fused-ring (bicyclic) bond motifs is 3. The number of rotatable bonds is 7. The number of anilines is 1. The lowest BCUT2D eigenvalue weighted by atomic mass is 9.71. The smallest absolute Gasteiger partial charge is 0.265 e. The molecule has 0 fully saturated rings. The standard InChI is InChI=1S/C33H30BrNO2/c1-3-5-18-33(19-6-4-2)27-13-8-7-10-22(27)23-15-14-21(20-28(23)33)35-31(36)25-12-9-11-24-29(34)17-16-26(30(24)25)32(35)37/h7-17,20H,3-6,18-19H2,1-2H3. The average molecular weight is 553 g/mol. The zero-order valence-electron chi connectivity index (χ0n) is 21.3. The molecule has 0 spiro atoms. The summed E-state index contributed by atoms with van der Waals surface area (Å²) in [6.45, 7) is 4.49. The molecule has 4 aromatic carbocycles. The van der Waals surface area contributed by atoms with E-state index in [2.05, 4.69) is 66.2 Å². The lowest BCUT2D eigenvalue weighted by molar-refractivity contribution is 0.0893. The molecular formula is C33H30BrNO2. The number of benzene rings is 4. The van der Waals surface area contributed by atoms with Crippen LogP contribution >= 0.6 is 15.9 Å². The van der Waals surface area contributed by atoms with Gasteiger partial charge in [0.05, 0.1) is 5.69 Å². The largest absolute Gasteiger partial charge is 0.268 e. The molecule has 0 aromatic heterocycles. The molecule has 0 N–H and O–H groups in total. The SMILES string of the molecule is CCCCC1(CCCC)c2ccccc2-c2ccc(N3C(=O)c4cccc5c(Br)ccc(c45)C3=O)cc21. The summed E-state index contributed by atoms with van der Waals surface area (Å²) < 4.78 is 0.883. The minimum atomic E-state index is -0.260. The summed E-state index contributed by atoms with van der Waals surface area (Å²) in [4.78, 5) is 29.1. The molecule has 4 aromatic rings. The van der Waals surface area contributed by atoms with Crippen LogP contribution in [0, 0.1) is 0 Å². The molecule has 0 saturated carbocycles. The van der Waals surface area contributed by atoms with Crippen molar-refractivity contribution in [1.82, 2.24) is 0 Å². The van der Waals surface area contributed by atoms with Crippen molar-refractivity contribution >= 4 is 44.2 Å². The third kappa shape index (κ3) is 3.53. The van der Waals surface area contributed by atoms with Crippen molar-refractivity contribution in [1.29, 1.82) is 0 Å². The van der Waals surface area contributed by atoms with Gasteiger partial charge < -0.3 is 0 Å². The number of hydrogen-bond donors (Lipinski definition) is 0. The van der Waals surface area contributed by atoms with E-state index in [0.717, 1.165) is 53.8 Å². The summed E-state index contributed by atoms with van der Waals surface area (Å²) in [6.07, 6.45) is 6.65. The highest BCUT2D eigenvalue weighted by atomic mass is 79.9. The molecule has 2 amide bonds. The van der Waals surface area contributed by atoms with E-state index in [1.165, 1.54) is 27.2 Å². The number of unbranched alkanes of at least 4 members (excludes halogenated alkanes) is 2. The molecule has 0 radical (unpaired) electrons. The zero-order valence-corrected chi connectivity index (χ0v) is 22.9. The minimum absolute atomic E-state index is 0.0986. The second kappa shape index (κ2) is 9.25. The van der Waals surface area contributed by atoms with E-state index in [4.69, 9.17) is 0 Å². The first-order chi connectivity index (χ1) is 18.0. The van der Waals surface area contributed by atoms with Crippen molar-refractivity contribution in [3.8, 4) is 11.1 Å². The Balaban J connectivity index is 1.53. The van der Waals surface area contributed by atoms with Crippen LogP contribution in [0.5, 0.6) is 0 Å². The van der Waals surface area contributed by atoms with Gasteiger partial charge in [0.2, 0.25) is 0 Å². The molecule has 0 atom stereocenters. The number of imide groups is 1. The van der Waals surface area contributed by atoms with Crippen LogP contribution < -0.4 is 4.90 Å². The Morgan fingerprint density at radius 1 is 0.703 bits per heavy atom. The number of hydrogen-bond acceptors (Lipinski definition) is 2. The quantitative estimate of drug-likeness (QED) is 0.215. The predicted molar refractivity (Wildman–Crippen MR) is 154 cm³/mol. The van der Waals surface area contributed by atoms with Gasteiger partial charge in [-0.15, -0.1) is 0 Å². The van der Waals surface area contributed by atoms with E-state index in [9.17, 15) is 9.59 Å². The molecule has 0 bridgehead atoms. The first-order valence-electron chi connectivity index (χ1n) is 13.4. The Labute approximate surface area is 226 Å². The van der Waals surface area contributed by atoms with Crippen molar-refractivity contribution in [3.05, 3.63) is 99.5 Å². The summed E-state index contributed by atoms with van der Waals surface area (Å²) in [5, 5.41) is 1.62. The van der Waals surface area contributed by atoms with Crippen LogP contribution in [0.15, 0.2) is 77.3 Å². The fourth-order valence-electron chi connectivity index (χ4n) is 6.50. The summed E-state index contributed by atoms with van der Waals surface area (Å²) in [7, 11) is 0. The van der Waals surface area contributed by atoms with Gasteiger partial charge in [-0.3, -0.25) is 9.59 Å². The zero-order chi connectivity index (χ0) is 25.7. The molecule has 1 aliphatic heterocycles. The predicted octanol–water partition coefficient (Wildman–Crippen LogP) is 9.05. The molecule has 0 saturated heterocycles. The van der Waals surface area contributed by atoms with Crippen molar-refractivity contribution in [2.45, 2.75) is 57.8 Å². The van der Waals surface area contributed by atoms with Gasteiger partial charge in [-0.05, 0) is 70.8 Å². The molecule has 1 heterocycles. The normalized spacial score (nSPS) is 15.3. The highest BCUT2D eigenvalue weighted by Crippen LogP contribution is 2.55. The van der Waals surface area contributed by atoms with Gasteiger partial charge in [0.25, 0.3) is 11.8 Å². The number of halogens is 1. The van der Waals surface area contributed by atoms with Crippen LogP contribution in [0.1, 0.15) is 84.2 Å². The van der Waals surface area contributed by atoms with Crippen LogP contribution in [0.3, 0.4) is 0 Å². The number of carbonyl (C=O) groups excluding carboxylic acids is 2. The number of carbonyl (C=O) groups is 2. The average Bonchev–Trinajstić information content (AvgIpc) is 3.19. The summed E-state index contributed by atoms with van der Waals surface area (Å²) in [5.41, 5.74) is 6.86. The van der Waals surface area contributed by atoms with E-state index in [1.807, 2.05) is 36.4 Å². The van der Waals surface area contributed by atoms with Crippen LogP contribution in [-0.2, 0) is 5.41 Å². The molecule has 2 aliphatic rings. The first kappa shape index (κ1) is 24.1. The van der Waals surface area contributed by atoms with Gasteiger partial charge in [-0.1, -0.05) is 97.9 Å². The van der Waals surface area contributed by atoms with Gasteiger partial charge in [0.15, 0.2) is 0 Å². The summed E-state index contributed by atoms with van der Waals surface area (Å²) in [6, 6.07) is 24.4. The number of amides is 2. The monoisotopic (exact) mass is 551 g/mol. The van der Waals surface area contributed by atoms with E-state index >= 15 is 0 Å². The van der Waals surface area contributed by atoms with Crippen LogP contribution in [0.4, 0.5) is 5.69 Å². The Kier molecular flexibility index (Phi) is 6.03. The van der Waals surface area contributed by atoms with E-state index in [0.29, 0.717) is 16.8 Å². The summed E-state index contributed by atoms with van der Waals surface area (Å²) in [5.74, 6) is -0.520.